The van der Waals surface area contributed by atoms with Gasteiger partial charge in [0.15, 0.2) is 11.6 Å². The summed E-state index contributed by atoms with van der Waals surface area (Å²) in [4.78, 5) is 32.4. The predicted octanol–water partition coefficient (Wildman–Crippen LogP) is 2.21. The van der Waals surface area contributed by atoms with Gasteiger partial charge in [-0.25, -0.2) is 28.1 Å². The van der Waals surface area contributed by atoms with Crippen LogP contribution in [0.3, 0.4) is 0 Å². The van der Waals surface area contributed by atoms with Gasteiger partial charge in [-0.1, -0.05) is 41.9 Å². The summed E-state index contributed by atoms with van der Waals surface area (Å²) < 4.78 is 9.58. The molecule has 0 amide bonds. The monoisotopic (exact) mass is 602 g/mol. The van der Waals surface area contributed by atoms with E-state index in [1.165, 1.54) is 13.9 Å². The van der Waals surface area contributed by atoms with Crippen LogP contribution >= 0.6 is 23.8 Å². The van der Waals surface area contributed by atoms with E-state index < -0.39 is 5.69 Å². The highest BCUT2D eigenvalue weighted by molar-refractivity contribution is 7.71. The third kappa shape index (κ3) is 4.21. The standard InChI is InChI=1S/C26H23ClN12O2S/c1-15-22(23(40)39(34(15)2)18-6-4-3-5-7-18)37-20(12-16-8-10-17(27)11-9-16)32-36(26(37)41)13-19-28-24-33-38-21(14-35(24)31-19)29-30-25(38)42/h3-11H,12-14H2,1-2H3,(H,30,42)(H,28,31,33). The van der Waals surface area contributed by atoms with Gasteiger partial charge in [-0.15, -0.1) is 0 Å². The Morgan fingerprint density at radius 1 is 1.05 bits per heavy atom. The number of halogens is 1. The number of anilines is 1. The van der Waals surface area contributed by atoms with Crippen LogP contribution in [0.1, 0.15) is 28.7 Å². The quantitative estimate of drug-likeness (QED) is 0.276. The van der Waals surface area contributed by atoms with E-state index in [2.05, 4.69) is 30.8 Å². The fourth-order valence-electron chi connectivity index (χ4n) is 5.06. The molecule has 0 atom stereocenters. The molecule has 5 heterocycles. The van der Waals surface area contributed by atoms with Crippen LogP contribution in [0.15, 0.2) is 64.2 Å². The maximum Gasteiger partial charge on any atom is 0.351 e. The molecule has 0 fully saturated rings. The van der Waals surface area contributed by atoms with Crippen molar-refractivity contribution in [3.63, 3.8) is 0 Å². The second-order valence-corrected chi connectivity index (χ2v) is 10.6. The van der Waals surface area contributed by atoms with Crippen molar-refractivity contribution in [3.05, 3.63) is 114 Å². The van der Waals surface area contributed by atoms with Crippen molar-refractivity contribution in [1.82, 2.24) is 53.3 Å². The zero-order valence-corrected chi connectivity index (χ0v) is 24.0. The molecular formula is C26H23ClN12O2S. The van der Waals surface area contributed by atoms with Gasteiger partial charge in [0.05, 0.1) is 11.4 Å². The molecule has 4 aromatic heterocycles. The van der Waals surface area contributed by atoms with Crippen molar-refractivity contribution in [2.75, 3.05) is 5.43 Å². The van der Waals surface area contributed by atoms with Crippen LogP contribution in [0, 0.1) is 11.7 Å². The lowest BCUT2D eigenvalue weighted by Gasteiger charge is -2.14. The lowest BCUT2D eigenvalue weighted by molar-refractivity contribution is 0.577. The van der Waals surface area contributed by atoms with Crippen molar-refractivity contribution in [1.29, 1.82) is 0 Å². The van der Waals surface area contributed by atoms with Gasteiger partial charge >= 0.3 is 5.69 Å². The number of hydrogen-bond donors (Lipinski definition) is 2. The molecular weight excluding hydrogens is 580 g/mol. The SMILES string of the molecule is Cc1c(-n2c(Cc3ccc(Cl)cc3)nn(Cc3nc4n(n3)Cc3n[nH]c(=S)n3N4)c2=O)c(=O)n(-c2ccccc2)n1C. The minimum Gasteiger partial charge on any atom is -0.283 e. The van der Waals surface area contributed by atoms with E-state index >= 15 is 0 Å². The average Bonchev–Trinajstić information content (AvgIpc) is 3.69. The molecule has 0 bridgehead atoms. The van der Waals surface area contributed by atoms with Gasteiger partial charge in [0.1, 0.15) is 24.6 Å². The number of nitrogens with zero attached hydrogens (tertiary/aromatic N) is 10. The molecule has 6 aromatic rings. The summed E-state index contributed by atoms with van der Waals surface area (Å²) in [6, 6.07) is 16.5. The Morgan fingerprint density at radius 3 is 2.57 bits per heavy atom. The second-order valence-electron chi connectivity index (χ2n) is 9.81. The van der Waals surface area contributed by atoms with Crippen LogP contribution < -0.4 is 16.7 Å². The molecule has 1 aliphatic heterocycles. The molecule has 0 saturated heterocycles. The van der Waals surface area contributed by atoms with Gasteiger partial charge in [-0.2, -0.15) is 20.3 Å². The van der Waals surface area contributed by atoms with Crippen LogP contribution in [0.2, 0.25) is 5.02 Å². The number of fused-ring (bicyclic) bond motifs is 2. The Morgan fingerprint density at radius 2 is 1.81 bits per heavy atom. The molecule has 212 valence electrons. The van der Waals surface area contributed by atoms with Crippen LogP contribution in [-0.4, -0.2) is 53.3 Å². The molecule has 0 radical (unpaired) electrons. The van der Waals surface area contributed by atoms with E-state index in [0.717, 1.165) is 5.56 Å². The first-order chi connectivity index (χ1) is 20.3. The third-order valence-electron chi connectivity index (χ3n) is 7.18. The second kappa shape index (κ2) is 9.81. The van der Waals surface area contributed by atoms with Crippen LogP contribution in [0.5, 0.6) is 0 Å². The Kier molecular flexibility index (Phi) is 6.06. The molecule has 2 aromatic carbocycles. The van der Waals surface area contributed by atoms with E-state index in [9.17, 15) is 9.59 Å². The van der Waals surface area contributed by atoms with E-state index in [0.29, 0.717) is 51.1 Å². The normalized spacial score (nSPS) is 12.3. The Bertz CT molecular complexity index is 2140. The Hall–Kier alpha value is -5.02. The third-order valence-corrected chi connectivity index (χ3v) is 7.71. The first-order valence-electron chi connectivity index (χ1n) is 12.9. The number of nitrogens with one attached hydrogen (secondary N) is 2. The number of para-hydroxylation sites is 1. The van der Waals surface area contributed by atoms with Gasteiger partial charge in [0, 0.05) is 18.5 Å². The molecule has 7 rings (SSSR count). The maximum atomic E-state index is 14.0. The molecule has 2 N–H and O–H groups in total. The van der Waals surface area contributed by atoms with E-state index in [4.69, 9.17) is 23.8 Å². The van der Waals surface area contributed by atoms with Crippen molar-refractivity contribution in [2.45, 2.75) is 26.4 Å². The summed E-state index contributed by atoms with van der Waals surface area (Å²) >= 11 is 11.3. The number of aromatic nitrogens is 11. The van der Waals surface area contributed by atoms with Gasteiger partial charge in [0.25, 0.3) is 5.56 Å². The summed E-state index contributed by atoms with van der Waals surface area (Å²) in [5, 5.41) is 16.7. The molecule has 14 nitrogen and oxygen atoms in total. The number of H-pyrrole nitrogens is 1. The van der Waals surface area contributed by atoms with Crippen molar-refractivity contribution in [2.24, 2.45) is 7.05 Å². The topological polar surface area (TPSA) is 143 Å². The average molecular weight is 603 g/mol. The van der Waals surface area contributed by atoms with Gasteiger partial charge in [-0.05, 0) is 49.0 Å². The number of hydrogen-bond acceptors (Lipinski definition) is 8. The smallest absolute Gasteiger partial charge is 0.283 e. The lowest BCUT2D eigenvalue weighted by atomic mass is 10.1. The molecule has 0 spiro atoms. The highest BCUT2D eigenvalue weighted by atomic mass is 35.5. The fourth-order valence-corrected chi connectivity index (χ4v) is 5.38. The summed E-state index contributed by atoms with van der Waals surface area (Å²) in [6.45, 7) is 2.13. The molecule has 0 aliphatic carbocycles. The molecule has 16 heteroatoms. The lowest BCUT2D eigenvalue weighted by Crippen LogP contribution is -2.29. The van der Waals surface area contributed by atoms with Gasteiger partial charge < -0.3 is 0 Å². The Labute approximate surface area is 247 Å². The summed E-state index contributed by atoms with van der Waals surface area (Å²) in [5.74, 6) is 1.84. The highest BCUT2D eigenvalue weighted by Crippen LogP contribution is 2.19. The zero-order valence-electron chi connectivity index (χ0n) is 22.4. The van der Waals surface area contributed by atoms with Crippen LogP contribution in [-0.2, 0) is 26.6 Å². The highest BCUT2D eigenvalue weighted by Gasteiger charge is 2.26. The minimum atomic E-state index is -0.485. The van der Waals surface area contributed by atoms with E-state index in [-0.39, 0.29) is 24.2 Å². The van der Waals surface area contributed by atoms with Gasteiger partial charge in [-0.3, -0.25) is 20.0 Å². The predicted molar refractivity (Wildman–Crippen MR) is 156 cm³/mol. The number of rotatable bonds is 6. The molecule has 1 aliphatic rings. The van der Waals surface area contributed by atoms with Crippen molar-refractivity contribution < 1.29 is 0 Å². The van der Waals surface area contributed by atoms with Crippen LogP contribution in [0.4, 0.5) is 5.95 Å². The maximum absolute atomic E-state index is 14.0. The summed E-state index contributed by atoms with van der Waals surface area (Å²) in [6.07, 6.45) is 0.284. The van der Waals surface area contributed by atoms with Crippen molar-refractivity contribution >= 4 is 29.8 Å². The first kappa shape index (κ1) is 25.9. The van der Waals surface area contributed by atoms with Crippen LogP contribution in [0.25, 0.3) is 11.4 Å². The van der Waals surface area contributed by atoms with E-state index in [1.54, 1.807) is 40.1 Å². The molecule has 42 heavy (non-hydrogen) atoms. The molecule has 0 saturated carbocycles. The summed E-state index contributed by atoms with van der Waals surface area (Å²) in [7, 11) is 1.78. The minimum absolute atomic E-state index is 0.0188. The largest absolute Gasteiger partial charge is 0.351 e. The number of aromatic amines is 1. The van der Waals surface area contributed by atoms with Gasteiger partial charge in [0.2, 0.25) is 10.7 Å². The zero-order chi connectivity index (χ0) is 29.1. The number of benzene rings is 2. The summed E-state index contributed by atoms with van der Waals surface area (Å²) in [5.41, 5.74) is 4.62. The Balaban J connectivity index is 1.33. The fraction of sp³-hybridized carbons (Fsp3) is 0.192. The van der Waals surface area contributed by atoms with Crippen molar-refractivity contribution in [3.8, 4) is 11.4 Å². The first-order valence-corrected chi connectivity index (χ1v) is 13.7. The van der Waals surface area contributed by atoms with E-state index in [1.807, 2.05) is 42.5 Å². The molecule has 0 unspecified atom stereocenters.